The van der Waals surface area contributed by atoms with Crippen LogP contribution in [0.15, 0.2) is 57.9 Å². The number of hydrogen-bond donors (Lipinski definition) is 1. The Morgan fingerprint density at radius 2 is 1.76 bits per heavy atom. The van der Waals surface area contributed by atoms with Gasteiger partial charge in [-0.2, -0.15) is 4.31 Å². The Hall–Kier alpha value is -2.27. The fourth-order valence-electron chi connectivity index (χ4n) is 2.85. The third-order valence-electron chi connectivity index (χ3n) is 4.34. The molecular weight excluding hydrogens is 464 g/mol. The van der Waals surface area contributed by atoms with Crippen LogP contribution in [0.2, 0.25) is 0 Å². The van der Waals surface area contributed by atoms with E-state index < -0.39 is 28.0 Å². The van der Waals surface area contributed by atoms with Gasteiger partial charge in [-0.05, 0) is 34.1 Å². The molecule has 1 aliphatic rings. The minimum atomic E-state index is -3.84. The van der Waals surface area contributed by atoms with E-state index in [1.54, 1.807) is 30.3 Å². The first kappa shape index (κ1) is 21.4. The van der Waals surface area contributed by atoms with Crippen molar-refractivity contribution >= 4 is 37.8 Å². The van der Waals surface area contributed by atoms with Gasteiger partial charge in [-0.15, -0.1) is 0 Å². The van der Waals surface area contributed by atoms with Crippen molar-refractivity contribution in [1.29, 1.82) is 0 Å². The van der Waals surface area contributed by atoms with Crippen molar-refractivity contribution in [1.82, 2.24) is 4.31 Å². The number of sulfonamides is 1. The van der Waals surface area contributed by atoms with E-state index in [0.717, 1.165) is 0 Å². The van der Waals surface area contributed by atoms with Gasteiger partial charge in [0.15, 0.2) is 0 Å². The van der Waals surface area contributed by atoms with Crippen LogP contribution in [0.3, 0.4) is 0 Å². The van der Waals surface area contributed by atoms with Gasteiger partial charge in [0.05, 0.1) is 23.7 Å². The van der Waals surface area contributed by atoms with Crippen molar-refractivity contribution in [3.8, 4) is 0 Å². The largest absolute Gasteiger partial charge is 0.444 e. The van der Waals surface area contributed by atoms with E-state index in [1.807, 2.05) is 0 Å². The maximum absolute atomic E-state index is 12.9. The number of carbonyl (C=O) groups excluding carboxylic acids is 2. The van der Waals surface area contributed by atoms with E-state index in [0.29, 0.717) is 23.2 Å². The molecule has 1 fully saturated rings. The number of amides is 1. The second-order valence-electron chi connectivity index (χ2n) is 6.26. The summed E-state index contributed by atoms with van der Waals surface area (Å²) in [6.45, 7) is 1.05. The highest BCUT2D eigenvalue weighted by Gasteiger charge is 2.30. The number of esters is 1. The van der Waals surface area contributed by atoms with Crippen LogP contribution in [0.5, 0.6) is 0 Å². The monoisotopic (exact) mass is 482 g/mol. The van der Waals surface area contributed by atoms with Crippen molar-refractivity contribution < 1.29 is 27.5 Å². The van der Waals surface area contributed by atoms with Crippen molar-refractivity contribution in [2.75, 3.05) is 26.3 Å². The summed E-state index contributed by atoms with van der Waals surface area (Å²) in [5.41, 5.74) is 5.79. The number of morpholine rings is 1. The Morgan fingerprint density at radius 3 is 2.38 bits per heavy atom. The van der Waals surface area contributed by atoms with Crippen LogP contribution in [0, 0.1) is 0 Å². The first-order valence-corrected chi connectivity index (χ1v) is 11.0. The smallest absolute Gasteiger partial charge is 0.339 e. The zero-order valence-electron chi connectivity index (χ0n) is 15.3. The molecule has 1 atom stereocenters. The average Bonchev–Trinajstić information content (AvgIpc) is 2.73. The lowest BCUT2D eigenvalue weighted by molar-refractivity contribution is -0.127. The number of carbonyl (C=O) groups is 2. The Kier molecular flexibility index (Phi) is 6.68. The number of nitrogens with zero attached hydrogens (tertiary/aromatic N) is 1. The van der Waals surface area contributed by atoms with Crippen molar-refractivity contribution in [3.05, 3.63) is 64.1 Å². The summed E-state index contributed by atoms with van der Waals surface area (Å²) in [6, 6.07) is 12.4. The number of primary amides is 1. The van der Waals surface area contributed by atoms with Gasteiger partial charge in [0, 0.05) is 23.1 Å². The third-order valence-corrected chi connectivity index (χ3v) is 7.23. The quantitative estimate of drug-likeness (QED) is 0.628. The molecule has 1 unspecified atom stereocenters. The van der Waals surface area contributed by atoms with Gasteiger partial charge in [0.25, 0.3) is 5.91 Å². The SMILES string of the molecule is NC(=O)C(OC(=O)c1ccc(Br)c(S(=O)(=O)N2CCOCC2)c1)c1ccccc1. The van der Waals surface area contributed by atoms with Crippen molar-refractivity contribution in [2.45, 2.75) is 11.0 Å². The highest BCUT2D eigenvalue weighted by molar-refractivity contribution is 9.10. The zero-order chi connectivity index (χ0) is 21.0. The summed E-state index contributed by atoms with van der Waals surface area (Å²) in [6.07, 6.45) is -1.29. The lowest BCUT2D eigenvalue weighted by atomic mass is 10.1. The van der Waals surface area contributed by atoms with Crippen molar-refractivity contribution in [2.24, 2.45) is 5.73 Å². The van der Waals surface area contributed by atoms with Gasteiger partial charge in [-0.1, -0.05) is 30.3 Å². The van der Waals surface area contributed by atoms with Crippen LogP contribution in [0.1, 0.15) is 22.0 Å². The highest BCUT2D eigenvalue weighted by atomic mass is 79.9. The molecule has 0 aromatic heterocycles. The van der Waals surface area contributed by atoms with Gasteiger partial charge >= 0.3 is 5.97 Å². The molecule has 0 saturated carbocycles. The van der Waals surface area contributed by atoms with E-state index in [4.69, 9.17) is 15.2 Å². The number of nitrogens with two attached hydrogens (primary N) is 1. The summed E-state index contributed by atoms with van der Waals surface area (Å²) < 4.78 is 38.0. The number of rotatable bonds is 6. The molecule has 1 heterocycles. The molecule has 0 aliphatic carbocycles. The third kappa shape index (κ3) is 4.84. The number of benzene rings is 2. The molecule has 29 heavy (non-hydrogen) atoms. The molecule has 0 bridgehead atoms. The normalized spacial score (nSPS) is 16.2. The average molecular weight is 483 g/mol. The predicted molar refractivity (Wildman–Crippen MR) is 108 cm³/mol. The van der Waals surface area contributed by atoms with Crippen molar-refractivity contribution in [3.63, 3.8) is 0 Å². The van der Waals surface area contributed by atoms with E-state index >= 15 is 0 Å². The lowest BCUT2D eigenvalue weighted by Gasteiger charge is -2.26. The standard InChI is InChI=1S/C19H19BrN2O6S/c20-15-7-6-14(12-16(15)29(25,26)22-8-10-27-11-9-22)19(24)28-17(18(21)23)13-4-2-1-3-5-13/h1-7,12,17H,8-11H2,(H2,21,23). The molecular formula is C19H19BrN2O6S. The molecule has 1 saturated heterocycles. The van der Waals surface area contributed by atoms with Crippen LogP contribution in [-0.2, 0) is 24.3 Å². The Labute approximate surface area is 176 Å². The summed E-state index contributed by atoms with van der Waals surface area (Å²) >= 11 is 3.23. The minimum absolute atomic E-state index is 0.0118. The molecule has 10 heteroatoms. The molecule has 0 spiro atoms. The maximum Gasteiger partial charge on any atom is 0.339 e. The Morgan fingerprint density at radius 1 is 1.10 bits per heavy atom. The van der Waals surface area contributed by atoms with Crippen LogP contribution in [0.25, 0.3) is 0 Å². The van der Waals surface area contributed by atoms with Crippen LogP contribution in [0.4, 0.5) is 0 Å². The molecule has 1 aliphatic heterocycles. The predicted octanol–water partition coefficient (Wildman–Crippen LogP) is 1.85. The fourth-order valence-corrected chi connectivity index (χ4v) is 5.21. The lowest BCUT2D eigenvalue weighted by Crippen LogP contribution is -2.40. The first-order chi connectivity index (χ1) is 13.8. The van der Waals surface area contributed by atoms with E-state index in [9.17, 15) is 18.0 Å². The van der Waals surface area contributed by atoms with Gasteiger partial charge < -0.3 is 15.2 Å². The molecule has 2 aromatic rings. The molecule has 0 radical (unpaired) electrons. The van der Waals surface area contributed by atoms with E-state index in [1.165, 1.54) is 22.5 Å². The van der Waals surface area contributed by atoms with Crippen LogP contribution >= 0.6 is 15.9 Å². The van der Waals surface area contributed by atoms with Gasteiger partial charge in [-0.3, -0.25) is 4.79 Å². The second-order valence-corrected chi connectivity index (χ2v) is 9.02. The van der Waals surface area contributed by atoms with Gasteiger partial charge in [-0.25, -0.2) is 13.2 Å². The highest BCUT2D eigenvalue weighted by Crippen LogP contribution is 2.28. The molecule has 3 rings (SSSR count). The topological polar surface area (TPSA) is 116 Å². The molecule has 1 amide bonds. The maximum atomic E-state index is 12.9. The van der Waals surface area contributed by atoms with Gasteiger partial charge in [0.2, 0.25) is 16.1 Å². The molecule has 2 aromatic carbocycles. The number of hydrogen-bond acceptors (Lipinski definition) is 6. The summed E-state index contributed by atoms with van der Waals surface area (Å²) in [7, 11) is -3.84. The molecule has 154 valence electrons. The molecule has 2 N–H and O–H groups in total. The van der Waals surface area contributed by atoms with Crippen LogP contribution in [-0.4, -0.2) is 50.9 Å². The summed E-state index contributed by atoms with van der Waals surface area (Å²) in [4.78, 5) is 24.3. The van der Waals surface area contributed by atoms with E-state index in [2.05, 4.69) is 15.9 Å². The Bertz CT molecular complexity index is 1010. The first-order valence-electron chi connectivity index (χ1n) is 8.73. The molecule has 8 nitrogen and oxygen atoms in total. The van der Waals surface area contributed by atoms with E-state index in [-0.39, 0.29) is 23.5 Å². The minimum Gasteiger partial charge on any atom is -0.444 e. The number of ether oxygens (including phenoxy) is 2. The number of halogens is 1. The Balaban J connectivity index is 1.88. The zero-order valence-corrected chi connectivity index (χ0v) is 17.7. The second kappa shape index (κ2) is 9.04. The fraction of sp³-hybridized carbons (Fsp3) is 0.263. The van der Waals surface area contributed by atoms with Gasteiger partial charge in [0.1, 0.15) is 0 Å². The van der Waals surface area contributed by atoms with Crippen LogP contribution < -0.4 is 5.73 Å². The summed E-state index contributed by atoms with van der Waals surface area (Å²) in [5.74, 6) is -1.69. The summed E-state index contributed by atoms with van der Waals surface area (Å²) in [5, 5.41) is 0.